The minimum Gasteiger partial charge on any atom is -0.472 e. The van der Waals surface area contributed by atoms with E-state index in [9.17, 15) is 14.7 Å². The third kappa shape index (κ3) is 5.42. The van der Waals surface area contributed by atoms with Crippen LogP contribution in [0.25, 0.3) is 0 Å². The second-order valence-electron chi connectivity index (χ2n) is 9.66. The maximum absolute atomic E-state index is 13.4. The number of carbonyl (C=O) groups is 2. The van der Waals surface area contributed by atoms with Crippen LogP contribution < -0.4 is 4.74 Å². The molecule has 1 aromatic rings. The van der Waals surface area contributed by atoms with Crippen molar-refractivity contribution in [1.29, 1.82) is 0 Å². The summed E-state index contributed by atoms with van der Waals surface area (Å²) < 4.78 is 6.25. The molecule has 2 heterocycles. The van der Waals surface area contributed by atoms with Crippen molar-refractivity contribution < 1.29 is 19.4 Å². The summed E-state index contributed by atoms with van der Waals surface area (Å²) in [5, 5.41) is 9.77. The van der Waals surface area contributed by atoms with Gasteiger partial charge in [0.25, 0.3) is 5.91 Å². The quantitative estimate of drug-likeness (QED) is 0.688. The van der Waals surface area contributed by atoms with Crippen LogP contribution in [-0.4, -0.2) is 70.6 Å². The largest absolute Gasteiger partial charge is 0.472 e. The van der Waals surface area contributed by atoms with Crippen LogP contribution in [0.5, 0.6) is 5.88 Å². The molecule has 1 N–H and O–H groups in total. The van der Waals surface area contributed by atoms with E-state index >= 15 is 0 Å². The fourth-order valence-electron chi connectivity index (χ4n) is 3.90. The normalized spacial score (nSPS) is 23.8. The Kier molecular flexibility index (Phi) is 6.71. The summed E-state index contributed by atoms with van der Waals surface area (Å²) in [6.07, 6.45) is 6.43. The van der Waals surface area contributed by atoms with Crippen molar-refractivity contribution in [2.75, 3.05) is 26.7 Å². The predicted octanol–water partition coefficient (Wildman–Crippen LogP) is 2.32. The number of hydrogen-bond acceptors (Lipinski definition) is 5. The Bertz CT molecular complexity index is 929. The number of aliphatic hydroxyl groups excluding tert-OH is 1. The molecule has 2 amide bonds. The van der Waals surface area contributed by atoms with Crippen molar-refractivity contribution >= 4 is 11.8 Å². The highest BCUT2D eigenvalue weighted by molar-refractivity contribution is 5.97. The lowest BCUT2D eigenvalue weighted by molar-refractivity contribution is -0.131. The van der Waals surface area contributed by atoms with Gasteiger partial charge in [0.2, 0.25) is 11.8 Å². The number of ether oxygens (including phenoxy) is 1. The Labute approximate surface area is 190 Å². The van der Waals surface area contributed by atoms with E-state index in [4.69, 9.17) is 4.74 Å². The number of carbonyl (C=O) groups excluding carboxylic acids is 2. The fourth-order valence-corrected chi connectivity index (χ4v) is 3.90. The van der Waals surface area contributed by atoms with E-state index in [0.717, 1.165) is 25.7 Å². The molecule has 3 aliphatic rings. The molecule has 4 rings (SSSR count). The molecule has 2 aliphatic carbocycles. The zero-order valence-electron chi connectivity index (χ0n) is 19.2. The van der Waals surface area contributed by atoms with E-state index < -0.39 is 0 Å². The molecule has 1 aromatic heterocycles. The summed E-state index contributed by atoms with van der Waals surface area (Å²) in [4.78, 5) is 33.8. The summed E-state index contributed by atoms with van der Waals surface area (Å²) in [5.74, 6) is 7.43. The van der Waals surface area contributed by atoms with Crippen LogP contribution in [0.3, 0.4) is 0 Å². The Balaban J connectivity index is 1.60. The first-order valence-corrected chi connectivity index (χ1v) is 11.7. The lowest BCUT2D eigenvalue weighted by Crippen LogP contribution is -2.50. The van der Waals surface area contributed by atoms with Gasteiger partial charge in [-0.1, -0.05) is 18.8 Å². The van der Waals surface area contributed by atoms with Crippen LogP contribution in [0, 0.1) is 29.6 Å². The molecule has 0 bridgehead atoms. The third-order valence-electron chi connectivity index (χ3n) is 6.56. The Hall–Kier alpha value is -2.59. The molecule has 32 heavy (non-hydrogen) atoms. The second-order valence-corrected chi connectivity index (χ2v) is 9.66. The van der Waals surface area contributed by atoms with Crippen LogP contribution in [0.2, 0.25) is 0 Å². The van der Waals surface area contributed by atoms with Gasteiger partial charge in [0.1, 0.15) is 11.7 Å². The number of likely N-dealkylation sites (N-methyl/N-ethyl adjacent to an activating group) is 1. The summed E-state index contributed by atoms with van der Waals surface area (Å²) in [6, 6.07) is 1.40. The SMILES string of the molecule is C[C@@H]1CN([C@H](C)CO)C(=O)c2cc(C#CC3CC3)cnc2O[C@H]1CN(C)C(=O)CC1CC1. The van der Waals surface area contributed by atoms with Crippen LogP contribution >= 0.6 is 0 Å². The van der Waals surface area contributed by atoms with Crippen molar-refractivity contribution in [3.63, 3.8) is 0 Å². The van der Waals surface area contributed by atoms with Gasteiger partial charge in [0.15, 0.2) is 0 Å². The maximum Gasteiger partial charge on any atom is 0.259 e. The number of hydrogen-bond donors (Lipinski definition) is 1. The Morgan fingerprint density at radius 3 is 2.78 bits per heavy atom. The molecular formula is C25H33N3O4. The number of aromatic nitrogens is 1. The van der Waals surface area contributed by atoms with Crippen molar-refractivity contribution in [1.82, 2.24) is 14.8 Å². The minimum atomic E-state index is -0.341. The van der Waals surface area contributed by atoms with Gasteiger partial charge in [-0.3, -0.25) is 9.59 Å². The Morgan fingerprint density at radius 1 is 1.38 bits per heavy atom. The molecule has 7 heteroatoms. The summed E-state index contributed by atoms with van der Waals surface area (Å²) in [5.41, 5.74) is 1.04. The molecule has 7 nitrogen and oxygen atoms in total. The van der Waals surface area contributed by atoms with Gasteiger partial charge in [-0.2, -0.15) is 0 Å². The minimum absolute atomic E-state index is 0.0478. The second kappa shape index (κ2) is 9.50. The van der Waals surface area contributed by atoms with E-state index in [0.29, 0.717) is 42.5 Å². The van der Waals surface area contributed by atoms with Crippen LogP contribution in [-0.2, 0) is 4.79 Å². The molecule has 0 spiro atoms. The molecule has 0 unspecified atom stereocenters. The smallest absolute Gasteiger partial charge is 0.259 e. The highest BCUT2D eigenvalue weighted by atomic mass is 16.5. The molecule has 2 fully saturated rings. The van der Waals surface area contributed by atoms with Crippen LogP contribution in [0.4, 0.5) is 0 Å². The average Bonchev–Trinajstić information content (AvgIpc) is 3.70. The molecule has 0 radical (unpaired) electrons. The molecule has 172 valence electrons. The highest BCUT2D eigenvalue weighted by Crippen LogP contribution is 2.33. The molecule has 3 atom stereocenters. The summed E-state index contributed by atoms with van der Waals surface area (Å²) >= 11 is 0. The van der Waals surface area contributed by atoms with E-state index in [1.54, 1.807) is 22.1 Å². The highest BCUT2D eigenvalue weighted by Gasteiger charge is 2.35. The number of fused-ring (bicyclic) bond motifs is 1. The monoisotopic (exact) mass is 439 g/mol. The first-order chi connectivity index (χ1) is 15.4. The van der Waals surface area contributed by atoms with Crippen LogP contribution in [0.1, 0.15) is 61.9 Å². The van der Waals surface area contributed by atoms with Gasteiger partial charge in [0.05, 0.1) is 19.2 Å². The molecule has 0 aromatic carbocycles. The van der Waals surface area contributed by atoms with Gasteiger partial charge in [-0.25, -0.2) is 4.98 Å². The number of aliphatic hydroxyl groups is 1. The van der Waals surface area contributed by atoms with Crippen molar-refractivity contribution in [3.8, 4) is 17.7 Å². The zero-order chi connectivity index (χ0) is 22.8. The van der Waals surface area contributed by atoms with Crippen molar-refractivity contribution in [2.24, 2.45) is 17.8 Å². The fraction of sp³-hybridized carbons (Fsp3) is 0.640. The van der Waals surface area contributed by atoms with Crippen LogP contribution in [0.15, 0.2) is 12.3 Å². The summed E-state index contributed by atoms with van der Waals surface area (Å²) in [6.45, 7) is 4.56. The van der Waals surface area contributed by atoms with E-state index in [2.05, 4.69) is 16.8 Å². The number of nitrogens with zero attached hydrogens (tertiary/aromatic N) is 3. The predicted molar refractivity (Wildman–Crippen MR) is 120 cm³/mol. The standard InChI is InChI=1S/C25H33N3O4/c1-16-13-28(17(2)15-29)25(31)21-10-20(9-6-18-4-5-18)12-26-24(21)32-22(16)14-27(3)23(30)11-19-7-8-19/h10,12,16-19,22,29H,4-5,7-8,11,13-15H2,1-3H3/t16-,17-,22+/m1/s1. The first kappa shape index (κ1) is 22.6. The molecule has 2 saturated carbocycles. The maximum atomic E-state index is 13.4. The van der Waals surface area contributed by atoms with E-state index in [1.165, 1.54) is 0 Å². The molecule has 1 aliphatic heterocycles. The molecule has 0 saturated heterocycles. The van der Waals surface area contributed by atoms with E-state index in [-0.39, 0.29) is 42.4 Å². The topological polar surface area (TPSA) is 83.0 Å². The average molecular weight is 440 g/mol. The Morgan fingerprint density at radius 2 is 2.12 bits per heavy atom. The first-order valence-electron chi connectivity index (χ1n) is 11.7. The van der Waals surface area contributed by atoms with Gasteiger partial charge in [-0.05, 0) is 44.6 Å². The molecular weight excluding hydrogens is 406 g/mol. The van der Waals surface area contributed by atoms with Gasteiger partial charge >= 0.3 is 0 Å². The lowest BCUT2D eigenvalue weighted by Gasteiger charge is -2.37. The van der Waals surface area contributed by atoms with Crippen molar-refractivity contribution in [2.45, 2.75) is 58.1 Å². The zero-order valence-corrected chi connectivity index (χ0v) is 19.2. The van der Waals surface area contributed by atoms with Gasteiger partial charge < -0.3 is 19.6 Å². The number of amides is 2. The van der Waals surface area contributed by atoms with Crippen molar-refractivity contribution in [3.05, 3.63) is 23.4 Å². The van der Waals surface area contributed by atoms with E-state index in [1.807, 2.05) is 20.9 Å². The lowest BCUT2D eigenvalue weighted by atomic mass is 9.99. The number of rotatable bonds is 6. The third-order valence-corrected chi connectivity index (χ3v) is 6.56. The van der Waals surface area contributed by atoms with Gasteiger partial charge in [0, 0.05) is 43.6 Å². The van der Waals surface area contributed by atoms with Gasteiger partial charge in [-0.15, -0.1) is 0 Å². The summed E-state index contributed by atoms with van der Waals surface area (Å²) in [7, 11) is 1.81. The number of pyridine rings is 1.